The van der Waals surface area contributed by atoms with E-state index in [0.717, 1.165) is 24.3 Å². The van der Waals surface area contributed by atoms with Crippen molar-refractivity contribution in [1.82, 2.24) is 29.1 Å². The maximum absolute atomic E-state index is 13.1. The summed E-state index contributed by atoms with van der Waals surface area (Å²) in [4.78, 5) is 17.9. The minimum Gasteiger partial charge on any atom is -0.283 e. The molecule has 0 aliphatic heterocycles. The minimum atomic E-state index is -4.48. The summed E-state index contributed by atoms with van der Waals surface area (Å²) in [5, 5.41) is 0. The Bertz CT molecular complexity index is 1780. The standard InChI is InChI=1S/C29H20F6N6/c1-27(2,23-5-3-7-25(38-23)40-15-36-19-13-17(28(30,31)32)9-11-21(19)40)24-6-4-8-26(39-24)41-16-37-20-14-18(29(33,34)35)10-12-22(20)41/h3-16H,1-2H3. The summed E-state index contributed by atoms with van der Waals surface area (Å²) >= 11 is 0. The summed E-state index contributed by atoms with van der Waals surface area (Å²) < 4.78 is 82.1. The normalized spacial score (nSPS) is 12.9. The van der Waals surface area contributed by atoms with E-state index in [1.165, 1.54) is 24.8 Å². The topological polar surface area (TPSA) is 61.4 Å². The Morgan fingerprint density at radius 2 is 0.976 bits per heavy atom. The van der Waals surface area contributed by atoms with Crippen molar-refractivity contribution < 1.29 is 26.3 Å². The quantitative estimate of drug-likeness (QED) is 0.207. The molecule has 0 aliphatic rings. The van der Waals surface area contributed by atoms with Crippen molar-refractivity contribution in [3.8, 4) is 11.6 Å². The number of aromatic nitrogens is 6. The van der Waals surface area contributed by atoms with E-state index >= 15 is 0 Å². The van der Waals surface area contributed by atoms with Crippen molar-refractivity contribution in [3.05, 3.63) is 108 Å². The first-order chi connectivity index (χ1) is 19.3. The van der Waals surface area contributed by atoms with Crippen LogP contribution in [0, 0.1) is 0 Å². The zero-order valence-corrected chi connectivity index (χ0v) is 21.5. The first kappa shape index (κ1) is 26.5. The molecule has 6 nitrogen and oxygen atoms in total. The molecule has 4 aromatic heterocycles. The Balaban J connectivity index is 1.36. The van der Waals surface area contributed by atoms with Crippen molar-refractivity contribution in [2.45, 2.75) is 31.6 Å². The molecule has 4 heterocycles. The Hall–Kier alpha value is -4.74. The molecule has 0 amide bonds. The highest BCUT2D eigenvalue weighted by molar-refractivity contribution is 5.79. The van der Waals surface area contributed by atoms with Gasteiger partial charge >= 0.3 is 12.4 Å². The lowest BCUT2D eigenvalue weighted by Gasteiger charge is -2.25. The predicted octanol–water partition coefficient (Wildman–Crippen LogP) is 7.52. The lowest BCUT2D eigenvalue weighted by Crippen LogP contribution is -2.23. The summed E-state index contributed by atoms with van der Waals surface area (Å²) in [6.07, 6.45) is -6.10. The van der Waals surface area contributed by atoms with Gasteiger partial charge in [-0.25, -0.2) is 19.9 Å². The Labute approximate surface area is 229 Å². The maximum Gasteiger partial charge on any atom is 0.416 e. The summed E-state index contributed by atoms with van der Waals surface area (Å²) in [5.41, 5.74) is 0.309. The summed E-state index contributed by atoms with van der Waals surface area (Å²) in [6.45, 7) is 3.85. The van der Waals surface area contributed by atoms with Crippen LogP contribution in [-0.2, 0) is 17.8 Å². The average molecular weight is 567 g/mol. The fraction of sp³-hybridized carbons (Fsp3) is 0.172. The lowest BCUT2D eigenvalue weighted by atomic mass is 9.84. The molecule has 0 fully saturated rings. The van der Waals surface area contributed by atoms with Crippen molar-refractivity contribution in [1.29, 1.82) is 0 Å². The van der Waals surface area contributed by atoms with Gasteiger partial charge in [-0.3, -0.25) is 9.13 Å². The summed E-state index contributed by atoms with van der Waals surface area (Å²) in [7, 11) is 0. The number of halogens is 6. The van der Waals surface area contributed by atoms with Crippen LogP contribution in [0.2, 0.25) is 0 Å². The molecule has 0 saturated carbocycles. The first-order valence-corrected chi connectivity index (χ1v) is 12.4. The lowest BCUT2D eigenvalue weighted by molar-refractivity contribution is -0.138. The Morgan fingerprint density at radius 3 is 1.37 bits per heavy atom. The van der Waals surface area contributed by atoms with Gasteiger partial charge in [0.1, 0.15) is 24.3 Å². The van der Waals surface area contributed by atoms with E-state index in [1.807, 2.05) is 26.0 Å². The van der Waals surface area contributed by atoms with Crippen molar-refractivity contribution >= 4 is 22.1 Å². The van der Waals surface area contributed by atoms with E-state index in [4.69, 9.17) is 9.97 Å². The molecule has 6 rings (SSSR count). The fourth-order valence-corrected chi connectivity index (χ4v) is 4.69. The summed E-state index contributed by atoms with van der Waals surface area (Å²) in [5.74, 6) is 0.935. The number of hydrogen-bond donors (Lipinski definition) is 0. The highest BCUT2D eigenvalue weighted by Gasteiger charge is 2.32. The fourth-order valence-electron chi connectivity index (χ4n) is 4.69. The Morgan fingerprint density at radius 1 is 0.561 bits per heavy atom. The van der Waals surface area contributed by atoms with Crippen molar-refractivity contribution in [2.24, 2.45) is 0 Å². The number of hydrogen-bond acceptors (Lipinski definition) is 4. The molecular formula is C29H20F6N6. The van der Waals surface area contributed by atoms with E-state index in [1.54, 1.807) is 33.4 Å². The van der Waals surface area contributed by atoms with Gasteiger partial charge in [-0.05, 0) is 74.5 Å². The van der Waals surface area contributed by atoms with E-state index in [9.17, 15) is 26.3 Å². The van der Waals surface area contributed by atoms with E-state index in [2.05, 4.69) is 9.97 Å². The molecule has 0 atom stereocenters. The van der Waals surface area contributed by atoms with Crippen LogP contribution in [0.15, 0.2) is 85.5 Å². The molecule has 0 spiro atoms. The monoisotopic (exact) mass is 566 g/mol. The molecule has 0 radical (unpaired) electrons. The molecule has 0 N–H and O–H groups in total. The third-order valence-corrected chi connectivity index (χ3v) is 6.99. The smallest absolute Gasteiger partial charge is 0.283 e. The van der Waals surface area contributed by atoms with Gasteiger partial charge in [0, 0.05) is 5.41 Å². The minimum absolute atomic E-state index is 0.190. The molecule has 0 bridgehead atoms. The first-order valence-electron chi connectivity index (χ1n) is 12.4. The molecule has 0 saturated heterocycles. The van der Waals surface area contributed by atoms with E-state index in [0.29, 0.717) is 34.1 Å². The third kappa shape index (κ3) is 4.68. The van der Waals surface area contributed by atoms with Gasteiger partial charge < -0.3 is 0 Å². The van der Waals surface area contributed by atoms with Gasteiger partial charge in [0.15, 0.2) is 0 Å². The largest absolute Gasteiger partial charge is 0.416 e. The summed E-state index contributed by atoms with van der Waals surface area (Å²) in [6, 6.07) is 17.4. The number of alkyl halides is 6. The molecule has 2 aromatic carbocycles. The maximum atomic E-state index is 13.1. The number of nitrogens with zero attached hydrogens (tertiary/aromatic N) is 6. The van der Waals surface area contributed by atoms with Gasteiger partial charge in [-0.1, -0.05) is 12.1 Å². The van der Waals surface area contributed by atoms with Crippen LogP contribution in [0.4, 0.5) is 26.3 Å². The van der Waals surface area contributed by atoms with Gasteiger partial charge in [0.05, 0.1) is 44.6 Å². The number of fused-ring (bicyclic) bond motifs is 2. The second-order valence-electron chi connectivity index (χ2n) is 10.0. The zero-order chi connectivity index (χ0) is 29.2. The molecule has 12 heteroatoms. The van der Waals surface area contributed by atoms with E-state index in [-0.39, 0.29) is 11.0 Å². The number of rotatable bonds is 4. The van der Waals surface area contributed by atoms with Gasteiger partial charge in [-0.15, -0.1) is 0 Å². The van der Waals surface area contributed by atoms with Crippen LogP contribution >= 0.6 is 0 Å². The number of pyridine rings is 2. The van der Waals surface area contributed by atoms with Crippen LogP contribution in [0.25, 0.3) is 33.7 Å². The van der Waals surface area contributed by atoms with Crippen LogP contribution in [0.1, 0.15) is 36.4 Å². The average Bonchev–Trinajstić information content (AvgIpc) is 3.56. The van der Waals surface area contributed by atoms with Crippen LogP contribution < -0.4 is 0 Å². The van der Waals surface area contributed by atoms with E-state index < -0.39 is 28.9 Å². The van der Waals surface area contributed by atoms with Crippen LogP contribution in [0.5, 0.6) is 0 Å². The predicted molar refractivity (Wildman–Crippen MR) is 140 cm³/mol. The Kier molecular flexibility index (Phi) is 5.91. The molecule has 0 aliphatic carbocycles. The van der Waals surface area contributed by atoms with Gasteiger partial charge in [-0.2, -0.15) is 26.3 Å². The molecular weight excluding hydrogens is 546 g/mol. The SMILES string of the molecule is CC(C)(c1cccc(-n2cnc3cc(C(F)(F)F)ccc32)n1)c1cccc(-n2cnc3cc(C(F)(F)F)ccc32)n1. The molecule has 6 aromatic rings. The second kappa shape index (κ2) is 9.15. The highest BCUT2D eigenvalue weighted by Crippen LogP contribution is 2.34. The van der Waals surface area contributed by atoms with Crippen molar-refractivity contribution in [3.63, 3.8) is 0 Å². The second-order valence-corrected chi connectivity index (χ2v) is 10.0. The van der Waals surface area contributed by atoms with Crippen LogP contribution in [0.3, 0.4) is 0 Å². The van der Waals surface area contributed by atoms with Crippen molar-refractivity contribution in [2.75, 3.05) is 0 Å². The van der Waals surface area contributed by atoms with Gasteiger partial charge in [0.2, 0.25) is 0 Å². The zero-order valence-electron chi connectivity index (χ0n) is 21.5. The molecule has 41 heavy (non-hydrogen) atoms. The van der Waals surface area contributed by atoms with Gasteiger partial charge in [0.25, 0.3) is 0 Å². The number of benzene rings is 2. The number of imidazole rings is 2. The third-order valence-electron chi connectivity index (χ3n) is 6.99. The van der Waals surface area contributed by atoms with Crippen LogP contribution in [-0.4, -0.2) is 29.1 Å². The molecule has 208 valence electrons. The molecule has 0 unspecified atom stereocenters. The highest BCUT2D eigenvalue weighted by atomic mass is 19.4.